The Morgan fingerprint density at radius 1 is 1.19 bits per heavy atom. The Morgan fingerprint density at radius 3 is 2.43 bits per heavy atom. The molecule has 1 aromatic heterocycles. The molecule has 0 bridgehead atoms. The van der Waals surface area contributed by atoms with Gasteiger partial charge in [0.15, 0.2) is 23.2 Å². The molecule has 2 heterocycles. The lowest BCUT2D eigenvalue weighted by molar-refractivity contribution is -0.153. The molecule has 1 amide bonds. The molecule has 37 heavy (non-hydrogen) atoms. The van der Waals surface area contributed by atoms with Gasteiger partial charge in [-0.3, -0.25) is 4.79 Å². The molecule has 0 radical (unpaired) electrons. The number of aryl methyl sites for hydroxylation is 1. The summed E-state index contributed by atoms with van der Waals surface area (Å²) < 4.78 is 54.6. The summed E-state index contributed by atoms with van der Waals surface area (Å²) in [5.41, 5.74) is 0.223. The van der Waals surface area contributed by atoms with E-state index in [1.165, 1.54) is 25.0 Å². The number of ether oxygens (including phenoxy) is 2. The molecule has 1 N–H and O–H groups in total. The summed E-state index contributed by atoms with van der Waals surface area (Å²) in [5.74, 6) is -4.04. The van der Waals surface area contributed by atoms with E-state index in [0.29, 0.717) is 22.8 Å². The number of aromatic nitrogens is 3. The molecule has 0 aliphatic carbocycles. The van der Waals surface area contributed by atoms with Crippen molar-refractivity contribution in [3.8, 4) is 11.4 Å². The van der Waals surface area contributed by atoms with Gasteiger partial charge in [-0.2, -0.15) is 5.10 Å². The molecule has 1 saturated heterocycles. The zero-order chi connectivity index (χ0) is 27.1. The van der Waals surface area contributed by atoms with E-state index < -0.39 is 41.1 Å². The highest BCUT2D eigenvalue weighted by molar-refractivity contribution is 5.97. The maximum atomic E-state index is 14.0. The smallest absolute Gasteiger partial charge is 0.289 e. The zero-order valence-corrected chi connectivity index (χ0v) is 21.0. The standard InChI is InChI=1S/C26H27F3N4O4/c1-14(34)24(17-10-18(27)23(29)19(28)11-17)32-12-26(3,4)37-22(25(32)35)9-16-6-7-20(21(8-16)36-5)33-13-30-15(2)31-33/h6-11,13-14,24,34H,12H2,1-5H3/t14-,24+/m1/s1. The molecule has 2 atom stereocenters. The lowest BCUT2D eigenvalue weighted by Crippen LogP contribution is -2.53. The number of halogens is 3. The van der Waals surface area contributed by atoms with Crippen molar-refractivity contribution < 1.29 is 32.5 Å². The fourth-order valence-electron chi connectivity index (χ4n) is 4.36. The summed E-state index contributed by atoms with van der Waals surface area (Å²) in [5, 5.41) is 14.8. The predicted molar refractivity (Wildman–Crippen MR) is 128 cm³/mol. The van der Waals surface area contributed by atoms with E-state index in [2.05, 4.69) is 10.1 Å². The van der Waals surface area contributed by atoms with Crippen molar-refractivity contribution in [1.29, 1.82) is 0 Å². The number of hydrogen-bond acceptors (Lipinski definition) is 6. The van der Waals surface area contributed by atoms with Crippen LogP contribution in [-0.2, 0) is 9.53 Å². The average molecular weight is 517 g/mol. The Bertz CT molecular complexity index is 1350. The highest BCUT2D eigenvalue weighted by Crippen LogP contribution is 2.35. The predicted octanol–water partition coefficient (Wildman–Crippen LogP) is 4.10. The Kier molecular flexibility index (Phi) is 7.00. The molecule has 11 heteroatoms. The van der Waals surface area contributed by atoms with Gasteiger partial charge >= 0.3 is 0 Å². The van der Waals surface area contributed by atoms with E-state index in [1.807, 2.05) is 0 Å². The van der Waals surface area contributed by atoms with E-state index in [4.69, 9.17) is 9.47 Å². The highest BCUT2D eigenvalue weighted by Gasteiger charge is 2.42. The molecule has 196 valence electrons. The van der Waals surface area contributed by atoms with Crippen LogP contribution in [-0.4, -0.2) is 56.0 Å². The first kappa shape index (κ1) is 26.2. The molecule has 0 unspecified atom stereocenters. The number of hydrogen-bond donors (Lipinski definition) is 1. The number of aliphatic hydroxyl groups excluding tert-OH is 1. The summed E-state index contributed by atoms with van der Waals surface area (Å²) in [4.78, 5) is 18.9. The number of nitrogens with zero attached hydrogens (tertiary/aromatic N) is 4. The van der Waals surface area contributed by atoms with E-state index in [9.17, 15) is 23.1 Å². The number of rotatable bonds is 6. The fraction of sp³-hybridized carbons (Fsp3) is 0.346. The van der Waals surface area contributed by atoms with Gasteiger partial charge in [-0.25, -0.2) is 22.8 Å². The Labute approximate surface area is 211 Å². The third-order valence-corrected chi connectivity index (χ3v) is 5.90. The normalized spacial score (nSPS) is 18.0. The Balaban J connectivity index is 1.73. The number of aliphatic hydroxyl groups is 1. The number of carbonyl (C=O) groups is 1. The maximum absolute atomic E-state index is 14.0. The molecule has 8 nitrogen and oxygen atoms in total. The van der Waals surface area contributed by atoms with Crippen LogP contribution in [0.4, 0.5) is 13.2 Å². The minimum atomic E-state index is -1.62. The summed E-state index contributed by atoms with van der Waals surface area (Å²) >= 11 is 0. The third-order valence-electron chi connectivity index (χ3n) is 5.90. The van der Waals surface area contributed by atoms with E-state index in [1.54, 1.807) is 50.0 Å². The number of amides is 1. The molecule has 1 fully saturated rings. The van der Waals surface area contributed by atoms with Gasteiger partial charge in [-0.05, 0) is 69.2 Å². The van der Waals surface area contributed by atoms with Crippen LogP contribution in [0.15, 0.2) is 42.4 Å². The van der Waals surface area contributed by atoms with Crippen LogP contribution < -0.4 is 4.74 Å². The fourth-order valence-corrected chi connectivity index (χ4v) is 4.36. The van der Waals surface area contributed by atoms with E-state index in [-0.39, 0.29) is 17.9 Å². The first-order valence-electron chi connectivity index (χ1n) is 11.5. The second-order valence-electron chi connectivity index (χ2n) is 9.46. The topological polar surface area (TPSA) is 89.7 Å². The first-order valence-corrected chi connectivity index (χ1v) is 11.5. The van der Waals surface area contributed by atoms with Gasteiger partial charge < -0.3 is 19.5 Å². The lowest BCUT2D eigenvalue weighted by Gasteiger charge is -2.44. The van der Waals surface area contributed by atoms with Gasteiger partial charge in [0.05, 0.1) is 25.8 Å². The van der Waals surface area contributed by atoms with Crippen molar-refractivity contribution in [2.24, 2.45) is 0 Å². The molecule has 4 rings (SSSR count). The number of benzene rings is 2. The third kappa shape index (κ3) is 5.31. The van der Waals surface area contributed by atoms with Crippen LogP contribution in [0.5, 0.6) is 5.75 Å². The van der Waals surface area contributed by atoms with Crippen molar-refractivity contribution >= 4 is 12.0 Å². The van der Waals surface area contributed by atoms with Crippen LogP contribution in [0.3, 0.4) is 0 Å². The Morgan fingerprint density at radius 2 is 1.86 bits per heavy atom. The summed E-state index contributed by atoms with van der Waals surface area (Å²) in [7, 11) is 1.50. The minimum Gasteiger partial charge on any atom is -0.494 e. The highest BCUT2D eigenvalue weighted by atomic mass is 19.2. The van der Waals surface area contributed by atoms with Gasteiger partial charge in [0, 0.05) is 0 Å². The van der Waals surface area contributed by atoms with Crippen molar-refractivity contribution in [2.75, 3.05) is 13.7 Å². The lowest BCUT2D eigenvalue weighted by atomic mass is 9.96. The second-order valence-corrected chi connectivity index (χ2v) is 9.46. The molecule has 3 aromatic rings. The summed E-state index contributed by atoms with van der Waals surface area (Å²) in [6.07, 6.45) is 1.84. The van der Waals surface area contributed by atoms with Crippen LogP contribution in [0, 0.1) is 24.4 Å². The monoisotopic (exact) mass is 516 g/mol. The van der Waals surface area contributed by atoms with Crippen molar-refractivity contribution in [1.82, 2.24) is 19.7 Å². The minimum absolute atomic E-state index is 0.00721. The molecule has 2 aromatic carbocycles. The molecule has 1 aliphatic heterocycles. The van der Waals surface area contributed by atoms with E-state index >= 15 is 0 Å². The number of morpholine rings is 1. The van der Waals surface area contributed by atoms with Crippen molar-refractivity contribution in [3.05, 3.63) is 76.8 Å². The maximum Gasteiger partial charge on any atom is 0.289 e. The SMILES string of the molecule is COc1cc(C=C2OC(C)(C)CN([C@H](c3cc(F)c(F)c(F)c3)[C@@H](C)O)C2=O)ccc1-n1cnc(C)n1. The Hall–Kier alpha value is -3.86. The molecule has 0 spiro atoms. The van der Waals surface area contributed by atoms with Crippen LogP contribution >= 0.6 is 0 Å². The molecular formula is C26H27F3N4O4. The quantitative estimate of drug-likeness (QED) is 0.392. The summed E-state index contributed by atoms with van der Waals surface area (Å²) in [6, 6.07) is 5.59. The van der Waals surface area contributed by atoms with Gasteiger partial charge in [-0.15, -0.1) is 0 Å². The van der Waals surface area contributed by atoms with Crippen molar-refractivity contribution in [3.63, 3.8) is 0 Å². The molecule has 0 saturated carbocycles. The van der Waals surface area contributed by atoms with Crippen molar-refractivity contribution in [2.45, 2.75) is 45.4 Å². The second kappa shape index (κ2) is 9.89. The van der Waals surface area contributed by atoms with Gasteiger partial charge in [-0.1, -0.05) is 6.07 Å². The van der Waals surface area contributed by atoms with Gasteiger partial charge in [0.1, 0.15) is 29.2 Å². The largest absolute Gasteiger partial charge is 0.494 e. The summed E-state index contributed by atoms with van der Waals surface area (Å²) in [6.45, 7) is 6.63. The van der Waals surface area contributed by atoms with Crippen LogP contribution in [0.2, 0.25) is 0 Å². The van der Waals surface area contributed by atoms with E-state index in [0.717, 1.165) is 12.1 Å². The van der Waals surface area contributed by atoms with Gasteiger partial charge in [0.25, 0.3) is 5.91 Å². The first-order chi connectivity index (χ1) is 17.4. The van der Waals surface area contributed by atoms with Crippen LogP contribution in [0.1, 0.15) is 43.8 Å². The zero-order valence-electron chi connectivity index (χ0n) is 21.0. The molecular weight excluding hydrogens is 489 g/mol. The number of methoxy groups -OCH3 is 1. The average Bonchev–Trinajstić information content (AvgIpc) is 3.25. The van der Waals surface area contributed by atoms with Gasteiger partial charge in [0.2, 0.25) is 0 Å². The molecule has 1 aliphatic rings. The number of carbonyl (C=O) groups excluding carboxylic acids is 1. The van der Waals surface area contributed by atoms with Crippen LogP contribution in [0.25, 0.3) is 11.8 Å².